The predicted molar refractivity (Wildman–Crippen MR) is 87.3 cm³/mol. The molecule has 2 aromatic rings. The van der Waals surface area contributed by atoms with Crippen molar-refractivity contribution in [1.29, 1.82) is 0 Å². The normalized spacial score (nSPS) is 12.8. The van der Waals surface area contributed by atoms with Crippen molar-refractivity contribution in [2.24, 2.45) is 5.92 Å². The standard InChI is InChI=1S/C17H24N2S/c1-14(2)10-18-11-16(15-6-4-3-5-7-15)8-9-17-12-19-13-20-17/h3-7,12-14,16,18H,8-11H2,1-2H3. The summed E-state index contributed by atoms with van der Waals surface area (Å²) in [5.74, 6) is 1.28. The third kappa shape index (κ3) is 5.06. The van der Waals surface area contributed by atoms with Gasteiger partial charge in [-0.2, -0.15) is 0 Å². The Balaban J connectivity index is 1.92. The lowest BCUT2D eigenvalue weighted by Crippen LogP contribution is -2.25. The minimum atomic E-state index is 0.581. The highest BCUT2D eigenvalue weighted by Gasteiger charge is 2.12. The molecule has 1 atom stereocenters. The number of nitrogens with one attached hydrogen (secondary N) is 1. The molecule has 0 spiro atoms. The first-order valence-electron chi connectivity index (χ1n) is 7.38. The van der Waals surface area contributed by atoms with Gasteiger partial charge < -0.3 is 5.32 Å². The summed E-state index contributed by atoms with van der Waals surface area (Å²) >= 11 is 1.76. The molecule has 1 unspecified atom stereocenters. The molecule has 1 aromatic heterocycles. The van der Waals surface area contributed by atoms with Gasteiger partial charge in [-0.3, -0.25) is 4.98 Å². The molecule has 2 nitrogen and oxygen atoms in total. The van der Waals surface area contributed by atoms with E-state index >= 15 is 0 Å². The average molecular weight is 288 g/mol. The number of nitrogens with zero attached hydrogens (tertiary/aromatic N) is 1. The van der Waals surface area contributed by atoms with E-state index in [1.165, 1.54) is 16.9 Å². The Kier molecular flexibility index (Phi) is 6.22. The smallest absolute Gasteiger partial charge is 0.0794 e. The largest absolute Gasteiger partial charge is 0.316 e. The second-order valence-electron chi connectivity index (χ2n) is 5.67. The van der Waals surface area contributed by atoms with Crippen LogP contribution in [0.2, 0.25) is 0 Å². The zero-order valence-electron chi connectivity index (χ0n) is 12.4. The van der Waals surface area contributed by atoms with E-state index in [1.807, 2.05) is 11.7 Å². The number of benzene rings is 1. The zero-order valence-corrected chi connectivity index (χ0v) is 13.2. The number of hydrogen-bond donors (Lipinski definition) is 1. The Morgan fingerprint density at radius 1 is 1.15 bits per heavy atom. The lowest BCUT2D eigenvalue weighted by Gasteiger charge is -2.18. The summed E-state index contributed by atoms with van der Waals surface area (Å²) < 4.78 is 0. The van der Waals surface area contributed by atoms with Crippen LogP contribution < -0.4 is 5.32 Å². The summed E-state index contributed by atoms with van der Waals surface area (Å²) in [5, 5.41) is 3.60. The fourth-order valence-electron chi connectivity index (χ4n) is 2.34. The van der Waals surface area contributed by atoms with Gasteiger partial charge in [-0.05, 0) is 36.8 Å². The number of aromatic nitrogens is 1. The van der Waals surface area contributed by atoms with Crippen molar-refractivity contribution in [3.05, 3.63) is 52.5 Å². The molecule has 0 aliphatic rings. The number of hydrogen-bond acceptors (Lipinski definition) is 3. The van der Waals surface area contributed by atoms with Crippen molar-refractivity contribution >= 4 is 11.3 Å². The van der Waals surface area contributed by atoms with Gasteiger partial charge in [0.1, 0.15) is 0 Å². The Hall–Kier alpha value is -1.19. The molecule has 108 valence electrons. The van der Waals surface area contributed by atoms with Gasteiger partial charge in [-0.25, -0.2) is 0 Å². The highest BCUT2D eigenvalue weighted by Crippen LogP contribution is 2.22. The maximum absolute atomic E-state index is 4.16. The van der Waals surface area contributed by atoms with Crippen molar-refractivity contribution in [3.8, 4) is 0 Å². The summed E-state index contributed by atoms with van der Waals surface area (Å²) in [7, 11) is 0. The molecule has 0 amide bonds. The number of aryl methyl sites for hydroxylation is 1. The van der Waals surface area contributed by atoms with Gasteiger partial charge in [0.2, 0.25) is 0 Å². The molecule has 0 aliphatic carbocycles. The molecule has 0 aliphatic heterocycles. The first kappa shape index (κ1) is 15.2. The molecule has 1 N–H and O–H groups in total. The molecule has 0 saturated heterocycles. The predicted octanol–water partition coefficient (Wildman–Crippen LogP) is 4.11. The summed E-state index contributed by atoms with van der Waals surface area (Å²) in [6, 6.07) is 10.9. The highest BCUT2D eigenvalue weighted by atomic mass is 32.1. The van der Waals surface area contributed by atoms with E-state index in [0.717, 1.165) is 19.5 Å². The summed E-state index contributed by atoms with van der Waals surface area (Å²) in [5.41, 5.74) is 3.36. The molecular weight excluding hydrogens is 264 g/mol. The molecule has 2 rings (SSSR count). The van der Waals surface area contributed by atoms with Crippen molar-refractivity contribution in [2.45, 2.75) is 32.6 Å². The van der Waals surface area contributed by atoms with Crippen LogP contribution in [0.3, 0.4) is 0 Å². The Morgan fingerprint density at radius 2 is 1.95 bits per heavy atom. The number of rotatable bonds is 8. The van der Waals surface area contributed by atoms with Crippen molar-refractivity contribution < 1.29 is 0 Å². The van der Waals surface area contributed by atoms with Gasteiger partial charge in [0.25, 0.3) is 0 Å². The maximum atomic E-state index is 4.16. The van der Waals surface area contributed by atoms with Crippen molar-refractivity contribution in [3.63, 3.8) is 0 Å². The highest BCUT2D eigenvalue weighted by molar-refractivity contribution is 7.09. The fraction of sp³-hybridized carbons (Fsp3) is 0.471. The van der Waals surface area contributed by atoms with Crippen LogP contribution in [-0.4, -0.2) is 18.1 Å². The molecule has 3 heteroatoms. The van der Waals surface area contributed by atoms with Gasteiger partial charge in [0.05, 0.1) is 5.51 Å². The Bertz CT molecular complexity index is 465. The van der Waals surface area contributed by atoms with Crippen molar-refractivity contribution in [2.75, 3.05) is 13.1 Å². The molecule has 0 saturated carbocycles. The van der Waals surface area contributed by atoms with Crippen LogP contribution >= 0.6 is 11.3 Å². The van der Waals surface area contributed by atoms with Crippen LogP contribution in [-0.2, 0) is 6.42 Å². The van der Waals surface area contributed by atoms with E-state index in [0.29, 0.717) is 11.8 Å². The Labute approximate surface area is 126 Å². The third-order valence-corrected chi connectivity index (χ3v) is 4.28. The lowest BCUT2D eigenvalue weighted by molar-refractivity contribution is 0.501. The van der Waals surface area contributed by atoms with E-state index in [2.05, 4.69) is 54.5 Å². The van der Waals surface area contributed by atoms with Gasteiger partial charge in [0.15, 0.2) is 0 Å². The minimum absolute atomic E-state index is 0.581. The van der Waals surface area contributed by atoms with Crippen molar-refractivity contribution in [1.82, 2.24) is 10.3 Å². The summed E-state index contributed by atoms with van der Waals surface area (Å²) in [6.07, 6.45) is 4.29. The van der Waals surface area contributed by atoms with Crippen LogP contribution in [0.25, 0.3) is 0 Å². The molecule has 1 heterocycles. The van der Waals surface area contributed by atoms with Gasteiger partial charge in [-0.1, -0.05) is 44.2 Å². The SMILES string of the molecule is CC(C)CNCC(CCc1cncs1)c1ccccc1. The molecule has 0 bridgehead atoms. The van der Waals surface area contributed by atoms with E-state index in [1.54, 1.807) is 11.3 Å². The van der Waals surface area contributed by atoms with E-state index in [-0.39, 0.29) is 0 Å². The van der Waals surface area contributed by atoms with E-state index in [4.69, 9.17) is 0 Å². The van der Waals surface area contributed by atoms with Gasteiger partial charge in [-0.15, -0.1) is 11.3 Å². The van der Waals surface area contributed by atoms with Crippen LogP contribution in [0.4, 0.5) is 0 Å². The molecule has 0 radical (unpaired) electrons. The molecule has 0 fully saturated rings. The van der Waals surface area contributed by atoms with E-state index in [9.17, 15) is 0 Å². The first-order valence-corrected chi connectivity index (χ1v) is 8.26. The second-order valence-corrected chi connectivity index (χ2v) is 6.64. The lowest BCUT2D eigenvalue weighted by atomic mass is 9.94. The van der Waals surface area contributed by atoms with E-state index < -0.39 is 0 Å². The molecule has 20 heavy (non-hydrogen) atoms. The van der Waals surface area contributed by atoms with Crippen LogP contribution in [0.1, 0.15) is 36.6 Å². The monoisotopic (exact) mass is 288 g/mol. The zero-order chi connectivity index (χ0) is 14.2. The average Bonchev–Trinajstić information content (AvgIpc) is 2.96. The van der Waals surface area contributed by atoms with Crippen LogP contribution in [0.5, 0.6) is 0 Å². The minimum Gasteiger partial charge on any atom is -0.316 e. The summed E-state index contributed by atoms with van der Waals surface area (Å²) in [6.45, 7) is 6.65. The maximum Gasteiger partial charge on any atom is 0.0794 e. The molecular formula is C17H24N2S. The van der Waals surface area contributed by atoms with Gasteiger partial charge >= 0.3 is 0 Å². The first-order chi connectivity index (χ1) is 9.75. The Morgan fingerprint density at radius 3 is 2.60 bits per heavy atom. The fourth-order valence-corrected chi connectivity index (χ4v) is 2.95. The van der Waals surface area contributed by atoms with Crippen LogP contribution in [0.15, 0.2) is 42.0 Å². The van der Waals surface area contributed by atoms with Crippen LogP contribution in [0, 0.1) is 5.92 Å². The quantitative estimate of drug-likeness (QED) is 0.791. The van der Waals surface area contributed by atoms with Gasteiger partial charge in [0, 0.05) is 17.6 Å². The third-order valence-electron chi connectivity index (χ3n) is 3.44. The topological polar surface area (TPSA) is 24.9 Å². The summed E-state index contributed by atoms with van der Waals surface area (Å²) in [4.78, 5) is 5.55. The second kappa shape index (κ2) is 8.18. The molecule has 1 aromatic carbocycles. The number of thiazole rings is 1.